The second-order valence-electron chi connectivity index (χ2n) is 6.89. The number of fused-ring (bicyclic) bond motifs is 2. The van der Waals surface area contributed by atoms with Gasteiger partial charge in [0.05, 0.1) is 20.3 Å². The average Bonchev–Trinajstić information content (AvgIpc) is 3.12. The van der Waals surface area contributed by atoms with Crippen molar-refractivity contribution in [3.63, 3.8) is 0 Å². The topological polar surface area (TPSA) is 75.6 Å². The van der Waals surface area contributed by atoms with Crippen LogP contribution in [-0.2, 0) is 30.3 Å². The molecule has 3 unspecified atom stereocenters. The van der Waals surface area contributed by atoms with Crippen LogP contribution >= 0.6 is 0 Å². The third-order valence-electron chi connectivity index (χ3n) is 5.09. The maximum absolute atomic E-state index is 10.8. The lowest BCUT2D eigenvalue weighted by molar-refractivity contribution is -0.288. The van der Waals surface area contributed by atoms with Crippen LogP contribution < -0.4 is 4.74 Å². The number of aliphatic hydroxyl groups excluding tert-OH is 1. The first-order chi connectivity index (χ1) is 12.7. The molecule has 0 aromatic heterocycles. The van der Waals surface area contributed by atoms with Gasteiger partial charge in [0.15, 0.2) is 12.6 Å². The molecular formula is C19H26O7. The molecule has 144 valence electrons. The number of ether oxygens (including phenoxy) is 6. The van der Waals surface area contributed by atoms with Crippen molar-refractivity contribution in [1.82, 2.24) is 0 Å². The van der Waals surface area contributed by atoms with E-state index in [0.29, 0.717) is 19.8 Å². The van der Waals surface area contributed by atoms with Gasteiger partial charge in [0, 0.05) is 6.61 Å². The third kappa shape index (κ3) is 3.88. The van der Waals surface area contributed by atoms with Gasteiger partial charge in [0.2, 0.25) is 0 Å². The number of rotatable bonds is 6. The Kier molecular flexibility index (Phi) is 5.73. The summed E-state index contributed by atoms with van der Waals surface area (Å²) in [4.78, 5) is 0. The lowest BCUT2D eigenvalue weighted by Gasteiger charge is -2.39. The Morgan fingerprint density at radius 1 is 1.12 bits per heavy atom. The van der Waals surface area contributed by atoms with Crippen LogP contribution in [0.3, 0.4) is 0 Å². The van der Waals surface area contributed by atoms with E-state index in [4.69, 9.17) is 28.4 Å². The summed E-state index contributed by atoms with van der Waals surface area (Å²) in [5.74, 6) is 0.790. The van der Waals surface area contributed by atoms with Crippen molar-refractivity contribution < 1.29 is 33.5 Å². The SMILES string of the molecule is COc1ccc(COC2[C@H]3OCC(O3)[C@H](OC3CCCCO3)[C@@H]2O)cc1. The Morgan fingerprint density at radius 3 is 2.69 bits per heavy atom. The Balaban J connectivity index is 1.38. The molecular weight excluding hydrogens is 340 g/mol. The molecule has 0 aliphatic carbocycles. The van der Waals surface area contributed by atoms with Crippen molar-refractivity contribution in [3.8, 4) is 5.75 Å². The molecule has 3 saturated heterocycles. The van der Waals surface area contributed by atoms with E-state index in [9.17, 15) is 5.11 Å². The Bertz CT molecular complexity index is 572. The zero-order valence-corrected chi connectivity index (χ0v) is 14.9. The lowest BCUT2D eigenvalue weighted by Crippen LogP contribution is -2.56. The molecule has 4 rings (SSSR count). The predicted molar refractivity (Wildman–Crippen MR) is 90.7 cm³/mol. The molecule has 3 fully saturated rings. The summed E-state index contributed by atoms with van der Waals surface area (Å²) < 4.78 is 34.3. The first-order valence-corrected chi connectivity index (χ1v) is 9.21. The van der Waals surface area contributed by atoms with Crippen molar-refractivity contribution >= 4 is 0 Å². The van der Waals surface area contributed by atoms with Crippen molar-refractivity contribution in [2.24, 2.45) is 0 Å². The molecule has 3 heterocycles. The average molecular weight is 366 g/mol. The van der Waals surface area contributed by atoms with E-state index < -0.39 is 24.6 Å². The molecule has 3 aliphatic rings. The number of hydrogen-bond donors (Lipinski definition) is 1. The molecule has 0 spiro atoms. The minimum Gasteiger partial charge on any atom is -0.497 e. The van der Waals surface area contributed by atoms with Crippen LogP contribution in [0.15, 0.2) is 24.3 Å². The van der Waals surface area contributed by atoms with Crippen molar-refractivity contribution in [2.75, 3.05) is 20.3 Å². The standard InChI is InChI=1S/C19H26O7/c1-21-13-7-5-12(6-8-13)10-23-18-16(20)17(14-11-24-19(18)25-14)26-15-4-2-3-9-22-15/h5-8,14-20H,2-4,9-11H2,1H3/t14?,15?,16-,17-,18?,19-/m0/s1. The summed E-state index contributed by atoms with van der Waals surface area (Å²) in [6, 6.07) is 7.61. The summed E-state index contributed by atoms with van der Waals surface area (Å²) >= 11 is 0. The molecule has 0 radical (unpaired) electrons. The largest absolute Gasteiger partial charge is 0.497 e. The van der Waals surface area contributed by atoms with Gasteiger partial charge < -0.3 is 33.5 Å². The van der Waals surface area contributed by atoms with Gasteiger partial charge in [-0.05, 0) is 37.0 Å². The maximum atomic E-state index is 10.8. The van der Waals surface area contributed by atoms with Crippen LogP contribution in [0, 0.1) is 0 Å². The first-order valence-electron chi connectivity index (χ1n) is 9.21. The highest BCUT2D eigenvalue weighted by Gasteiger charge is 2.52. The highest BCUT2D eigenvalue weighted by Crippen LogP contribution is 2.34. The van der Waals surface area contributed by atoms with Crippen LogP contribution in [-0.4, -0.2) is 62.4 Å². The van der Waals surface area contributed by atoms with Crippen LogP contribution in [0.2, 0.25) is 0 Å². The highest BCUT2D eigenvalue weighted by atomic mass is 16.8. The normalized spacial score (nSPS) is 36.8. The minimum atomic E-state index is -0.829. The van der Waals surface area contributed by atoms with Gasteiger partial charge in [-0.3, -0.25) is 0 Å². The van der Waals surface area contributed by atoms with Gasteiger partial charge in [-0.2, -0.15) is 0 Å². The monoisotopic (exact) mass is 366 g/mol. The van der Waals surface area contributed by atoms with Gasteiger partial charge in [0.25, 0.3) is 0 Å². The molecule has 2 bridgehead atoms. The Morgan fingerprint density at radius 2 is 1.96 bits per heavy atom. The molecule has 26 heavy (non-hydrogen) atoms. The Hall–Kier alpha value is -1.22. The van der Waals surface area contributed by atoms with Crippen LogP contribution in [0.5, 0.6) is 5.75 Å². The van der Waals surface area contributed by atoms with Gasteiger partial charge in [-0.1, -0.05) is 12.1 Å². The fraction of sp³-hybridized carbons (Fsp3) is 0.684. The molecule has 3 aliphatic heterocycles. The molecule has 1 aromatic rings. The molecule has 6 atom stereocenters. The quantitative estimate of drug-likeness (QED) is 0.820. The van der Waals surface area contributed by atoms with Crippen LogP contribution in [0.1, 0.15) is 24.8 Å². The second kappa shape index (κ2) is 8.21. The zero-order chi connectivity index (χ0) is 17.9. The van der Waals surface area contributed by atoms with E-state index in [2.05, 4.69) is 0 Å². The predicted octanol–water partition coefficient (Wildman–Crippen LogP) is 1.61. The smallest absolute Gasteiger partial charge is 0.187 e. The number of methoxy groups -OCH3 is 1. The third-order valence-corrected chi connectivity index (χ3v) is 5.09. The molecule has 0 amide bonds. The summed E-state index contributed by atoms with van der Waals surface area (Å²) in [5, 5.41) is 10.8. The van der Waals surface area contributed by atoms with Crippen molar-refractivity contribution in [1.29, 1.82) is 0 Å². The van der Waals surface area contributed by atoms with E-state index in [1.807, 2.05) is 24.3 Å². The lowest BCUT2D eigenvalue weighted by atomic mass is 10.0. The van der Waals surface area contributed by atoms with Crippen molar-refractivity contribution in [3.05, 3.63) is 29.8 Å². The van der Waals surface area contributed by atoms with Crippen LogP contribution in [0.25, 0.3) is 0 Å². The van der Waals surface area contributed by atoms with Crippen molar-refractivity contribution in [2.45, 2.75) is 62.9 Å². The molecule has 1 N–H and O–H groups in total. The van der Waals surface area contributed by atoms with E-state index in [1.165, 1.54) is 0 Å². The first kappa shape index (κ1) is 18.2. The maximum Gasteiger partial charge on any atom is 0.187 e. The van der Waals surface area contributed by atoms with E-state index in [1.54, 1.807) is 7.11 Å². The fourth-order valence-corrected chi connectivity index (χ4v) is 3.61. The number of aliphatic hydroxyl groups is 1. The van der Waals surface area contributed by atoms with E-state index >= 15 is 0 Å². The number of benzene rings is 1. The summed E-state index contributed by atoms with van der Waals surface area (Å²) in [6.45, 7) is 1.42. The van der Waals surface area contributed by atoms with Gasteiger partial charge in [0.1, 0.15) is 30.2 Å². The Labute approximate surface area is 153 Å². The molecule has 7 nitrogen and oxygen atoms in total. The second-order valence-corrected chi connectivity index (χ2v) is 6.89. The van der Waals surface area contributed by atoms with Gasteiger partial charge in [-0.25, -0.2) is 0 Å². The fourth-order valence-electron chi connectivity index (χ4n) is 3.61. The summed E-state index contributed by atoms with van der Waals surface area (Å²) in [6.07, 6.45) is -0.167. The van der Waals surface area contributed by atoms with Gasteiger partial charge in [-0.15, -0.1) is 0 Å². The number of hydrogen-bond acceptors (Lipinski definition) is 7. The zero-order valence-electron chi connectivity index (χ0n) is 14.9. The van der Waals surface area contributed by atoms with E-state index in [-0.39, 0.29) is 12.4 Å². The molecule has 0 saturated carbocycles. The summed E-state index contributed by atoms with van der Waals surface area (Å²) in [7, 11) is 1.63. The summed E-state index contributed by atoms with van der Waals surface area (Å²) in [5.41, 5.74) is 0.978. The van der Waals surface area contributed by atoms with E-state index in [0.717, 1.165) is 30.6 Å². The molecule has 7 heteroatoms. The highest BCUT2D eigenvalue weighted by molar-refractivity contribution is 5.26. The minimum absolute atomic E-state index is 0.290. The van der Waals surface area contributed by atoms with Crippen LogP contribution in [0.4, 0.5) is 0 Å². The van der Waals surface area contributed by atoms with Gasteiger partial charge >= 0.3 is 0 Å². The molecule has 1 aromatic carbocycles.